The Morgan fingerprint density at radius 1 is 0.967 bits per heavy atom. The SMILES string of the molecule is CC[C@@H](NC(=O)/C(=C/c1cccs1)NC(=O)c1ccc(C)cc1)c1ccc(C)cc1. The first kappa shape index (κ1) is 21.5. The molecule has 1 atom stereocenters. The van der Waals surface area contributed by atoms with Crippen LogP contribution in [0.5, 0.6) is 0 Å². The minimum Gasteiger partial charge on any atom is -0.344 e. The van der Waals surface area contributed by atoms with Crippen LogP contribution in [0.15, 0.2) is 71.7 Å². The molecule has 1 aromatic heterocycles. The zero-order chi connectivity index (χ0) is 21.5. The second kappa shape index (κ2) is 10.0. The second-order valence-electron chi connectivity index (χ2n) is 7.24. The largest absolute Gasteiger partial charge is 0.344 e. The molecule has 0 aliphatic heterocycles. The summed E-state index contributed by atoms with van der Waals surface area (Å²) in [6.07, 6.45) is 2.46. The zero-order valence-corrected chi connectivity index (χ0v) is 18.3. The summed E-state index contributed by atoms with van der Waals surface area (Å²) in [6.45, 7) is 6.03. The van der Waals surface area contributed by atoms with Crippen molar-refractivity contribution < 1.29 is 9.59 Å². The molecule has 2 aromatic carbocycles. The van der Waals surface area contributed by atoms with Crippen molar-refractivity contribution >= 4 is 29.2 Å². The van der Waals surface area contributed by atoms with Crippen molar-refractivity contribution in [3.63, 3.8) is 0 Å². The van der Waals surface area contributed by atoms with Crippen LogP contribution in [0.4, 0.5) is 0 Å². The molecule has 0 unspecified atom stereocenters. The molecule has 0 aliphatic carbocycles. The van der Waals surface area contributed by atoms with Gasteiger partial charge in [0.1, 0.15) is 5.70 Å². The van der Waals surface area contributed by atoms with Crippen molar-refractivity contribution in [2.24, 2.45) is 0 Å². The van der Waals surface area contributed by atoms with E-state index in [4.69, 9.17) is 0 Å². The highest BCUT2D eigenvalue weighted by Gasteiger charge is 2.19. The molecule has 3 aromatic rings. The van der Waals surface area contributed by atoms with Crippen LogP contribution in [0.2, 0.25) is 0 Å². The minimum atomic E-state index is -0.309. The van der Waals surface area contributed by atoms with Gasteiger partial charge in [-0.15, -0.1) is 11.3 Å². The first-order chi connectivity index (χ1) is 14.5. The standard InChI is InChI=1S/C25H26N2O2S/c1-4-22(19-11-7-17(2)8-12-19)26-25(29)23(16-21-6-5-15-30-21)27-24(28)20-13-9-18(3)10-14-20/h5-16,22H,4H2,1-3H3,(H,26,29)(H,27,28)/b23-16-/t22-/m1/s1. The van der Waals surface area contributed by atoms with Crippen molar-refractivity contribution in [1.29, 1.82) is 0 Å². The summed E-state index contributed by atoms with van der Waals surface area (Å²) in [5, 5.41) is 7.80. The number of benzene rings is 2. The van der Waals surface area contributed by atoms with Crippen LogP contribution in [0, 0.1) is 13.8 Å². The summed E-state index contributed by atoms with van der Waals surface area (Å²) in [7, 11) is 0. The Bertz CT molecular complexity index is 1020. The lowest BCUT2D eigenvalue weighted by Crippen LogP contribution is -2.36. The number of amides is 2. The predicted octanol–water partition coefficient (Wildman–Crippen LogP) is 5.40. The van der Waals surface area contributed by atoms with Crippen LogP contribution >= 0.6 is 11.3 Å². The van der Waals surface area contributed by atoms with Crippen molar-refractivity contribution in [2.45, 2.75) is 33.2 Å². The van der Waals surface area contributed by atoms with Crippen molar-refractivity contribution in [3.05, 3.63) is 98.9 Å². The number of rotatable bonds is 7. The third-order valence-electron chi connectivity index (χ3n) is 4.83. The smallest absolute Gasteiger partial charge is 0.268 e. The quantitative estimate of drug-likeness (QED) is 0.505. The van der Waals surface area contributed by atoms with Crippen LogP contribution in [-0.4, -0.2) is 11.8 Å². The maximum absolute atomic E-state index is 13.1. The Kier molecular flexibility index (Phi) is 7.20. The Morgan fingerprint density at radius 3 is 2.17 bits per heavy atom. The lowest BCUT2D eigenvalue weighted by atomic mass is 10.0. The average molecular weight is 419 g/mol. The molecule has 2 amide bonds. The fourth-order valence-corrected chi connectivity index (χ4v) is 3.69. The summed E-state index contributed by atoms with van der Waals surface area (Å²) in [5.74, 6) is -0.618. The first-order valence-corrected chi connectivity index (χ1v) is 10.8. The monoisotopic (exact) mass is 418 g/mol. The van der Waals surface area contributed by atoms with Gasteiger partial charge in [0.2, 0.25) is 0 Å². The second-order valence-corrected chi connectivity index (χ2v) is 8.22. The van der Waals surface area contributed by atoms with E-state index < -0.39 is 0 Å². The fraction of sp³-hybridized carbons (Fsp3) is 0.200. The molecule has 0 bridgehead atoms. The Balaban J connectivity index is 1.82. The van der Waals surface area contributed by atoms with E-state index in [0.717, 1.165) is 22.4 Å². The Hall–Kier alpha value is -3.18. The molecule has 0 saturated carbocycles. The van der Waals surface area contributed by atoms with Gasteiger partial charge in [0.15, 0.2) is 0 Å². The van der Waals surface area contributed by atoms with Gasteiger partial charge in [0.25, 0.3) is 11.8 Å². The lowest BCUT2D eigenvalue weighted by molar-refractivity contribution is -0.118. The molecule has 5 heteroatoms. The molecule has 0 radical (unpaired) electrons. The normalized spacial score (nSPS) is 12.3. The molecular formula is C25H26N2O2S. The summed E-state index contributed by atoms with van der Waals surface area (Å²) in [4.78, 5) is 26.7. The maximum Gasteiger partial charge on any atom is 0.268 e. The molecule has 0 fully saturated rings. The summed E-state index contributed by atoms with van der Waals surface area (Å²) < 4.78 is 0. The van der Waals surface area contributed by atoms with E-state index in [2.05, 4.69) is 10.6 Å². The lowest BCUT2D eigenvalue weighted by Gasteiger charge is -2.19. The molecule has 154 valence electrons. The van der Waals surface area contributed by atoms with Crippen molar-refractivity contribution in [1.82, 2.24) is 10.6 Å². The fourth-order valence-electron chi connectivity index (χ4n) is 3.03. The molecule has 1 heterocycles. The minimum absolute atomic E-state index is 0.138. The highest BCUT2D eigenvalue weighted by Crippen LogP contribution is 2.19. The van der Waals surface area contributed by atoms with E-state index >= 15 is 0 Å². The van der Waals surface area contributed by atoms with Gasteiger partial charge in [-0.1, -0.05) is 60.5 Å². The highest BCUT2D eigenvalue weighted by molar-refractivity contribution is 7.10. The number of hydrogen-bond donors (Lipinski definition) is 2. The van der Waals surface area contributed by atoms with E-state index in [-0.39, 0.29) is 23.6 Å². The molecular weight excluding hydrogens is 392 g/mol. The molecule has 30 heavy (non-hydrogen) atoms. The molecule has 0 spiro atoms. The van der Waals surface area contributed by atoms with Crippen LogP contribution in [0.3, 0.4) is 0 Å². The van der Waals surface area contributed by atoms with E-state index in [1.54, 1.807) is 18.2 Å². The number of hydrogen-bond acceptors (Lipinski definition) is 3. The van der Waals surface area contributed by atoms with Gasteiger partial charge in [0.05, 0.1) is 6.04 Å². The zero-order valence-electron chi connectivity index (χ0n) is 17.4. The summed E-state index contributed by atoms with van der Waals surface area (Å²) in [6, 6.07) is 19.1. The number of carbonyl (C=O) groups excluding carboxylic acids is 2. The van der Waals surface area contributed by atoms with Gasteiger partial charge in [-0.3, -0.25) is 9.59 Å². The molecule has 0 saturated heterocycles. The molecule has 4 nitrogen and oxygen atoms in total. The molecule has 3 rings (SSSR count). The first-order valence-electron chi connectivity index (χ1n) is 9.97. The maximum atomic E-state index is 13.1. The van der Waals surface area contributed by atoms with Crippen LogP contribution in [0.25, 0.3) is 6.08 Å². The highest BCUT2D eigenvalue weighted by atomic mass is 32.1. The third-order valence-corrected chi connectivity index (χ3v) is 5.65. The molecule has 2 N–H and O–H groups in total. The van der Waals surface area contributed by atoms with Gasteiger partial charge in [0, 0.05) is 10.4 Å². The summed E-state index contributed by atoms with van der Waals surface area (Å²) >= 11 is 1.51. The van der Waals surface area contributed by atoms with Gasteiger partial charge < -0.3 is 10.6 Å². The van der Waals surface area contributed by atoms with E-state index in [0.29, 0.717) is 5.56 Å². The van der Waals surface area contributed by atoms with E-state index in [1.807, 2.05) is 74.7 Å². The average Bonchev–Trinajstić information content (AvgIpc) is 3.25. The van der Waals surface area contributed by atoms with Crippen LogP contribution in [-0.2, 0) is 4.79 Å². The molecule has 0 aliphatic rings. The van der Waals surface area contributed by atoms with Gasteiger partial charge in [-0.05, 0) is 55.5 Å². The Labute approximate surface area is 181 Å². The Morgan fingerprint density at radius 2 is 1.60 bits per heavy atom. The number of aryl methyl sites for hydroxylation is 2. The van der Waals surface area contributed by atoms with Crippen molar-refractivity contribution in [2.75, 3.05) is 0 Å². The summed E-state index contributed by atoms with van der Waals surface area (Å²) in [5.41, 5.74) is 4.02. The van der Waals surface area contributed by atoms with Crippen LogP contribution in [0.1, 0.15) is 51.3 Å². The topological polar surface area (TPSA) is 58.2 Å². The number of carbonyl (C=O) groups is 2. The predicted molar refractivity (Wildman–Crippen MR) is 123 cm³/mol. The van der Waals surface area contributed by atoms with Crippen LogP contribution < -0.4 is 10.6 Å². The van der Waals surface area contributed by atoms with E-state index in [1.165, 1.54) is 16.9 Å². The number of thiophene rings is 1. The van der Waals surface area contributed by atoms with Gasteiger partial charge in [-0.25, -0.2) is 0 Å². The van der Waals surface area contributed by atoms with Gasteiger partial charge in [-0.2, -0.15) is 0 Å². The van der Waals surface area contributed by atoms with Crippen molar-refractivity contribution in [3.8, 4) is 0 Å². The number of nitrogens with one attached hydrogen (secondary N) is 2. The van der Waals surface area contributed by atoms with E-state index in [9.17, 15) is 9.59 Å². The van der Waals surface area contributed by atoms with Gasteiger partial charge >= 0.3 is 0 Å². The third kappa shape index (κ3) is 5.67.